The van der Waals surface area contributed by atoms with Crippen LogP contribution >= 0.6 is 0 Å². The van der Waals surface area contributed by atoms with Crippen LogP contribution in [-0.2, 0) is 22.5 Å². The summed E-state index contributed by atoms with van der Waals surface area (Å²) < 4.78 is 20.3. The van der Waals surface area contributed by atoms with Crippen molar-refractivity contribution in [1.29, 1.82) is 0 Å². The van der Waals surface area contributed by atoms with Crippen molar-refractivity contribution in [2.24, 2.45) is 0 Å². The smallest absolute Gasteiger partial charge is 0.267 e. The van der Waals surface area contributed by atoms with Crippen LogP contribution in [0.3, 0.4) is 0 Å². The van der Waals surface area contributed by atoms with Gasteiger partial charge in [0.2, 0.25) is 5.91 Å². The zero-order valence-corrected chi connectivity index (χ0v) is 20.4. The van der Waals surface area contributed by atoms with Gasteiger partial charge < -0.3 is 24.6 Å². The van der Waals surface area contributed by atoms with Crippen LogP contribution in [-0.4, -0.2) is 63.7 Å². The van der Waals surface area contributed by atoms with Gasteiger partial charge in [-0.15, -0.1) is 0 Å². The molecule has 194 valence electrons. The number of rotatable bonds is 8. The molecule has 2 aliphatic rings. The molecule has 2 N–H and O–H groups in total. The average Bonchev–Trinajstić information content (AvgIpc) is 3.56. The fourth-order valence-corrected chi connectivity index (χ4v) is 4.97. The third-order valence-corrected chi connectivity index (χ3v) is 6.96. The number of amides is 2. The second kappa shape index (κ2) is 10.7. The molecule has 0 aliphatic carbocycles. The lowest BCUT2D eigenvalue weighted by Crippen LogP contribution is -2.38. The molecule has 1 atom stereocenters. The van der Waals surface area contributed by atoms with Crippen LogP contribution in [0.25, 0.3) is 11.0 Å². The summed E-state index contributed by atoms with van der Waals surface area (Å²) in [6.45, 7) is 1.94. The van der Waals surface area contributed by atoms with Gasteiger partial charge in [-0.2, -0.15) is 0 Å². The molecule has 9 nitrogen and oxygen atoms in total. The highest BCUT2D eigenvalue weighted by Gasteiger charge is 2.26. The van der Waals surface area contributed by atoms with Crippen molar-refractivity contribution in [2.45, 2.75) is 44.8 Å². The second-order valence-corrected chi connectivity index (χ2v) is 9.52. The van der Waals surface area contributed by atoms with E-state index in [0.29, 0.717) is 38.1 Å². The van der Waals surface area contributed by atoms with Crippen molar-refractivity contribution in [3.63, 3.8) is 0 Å². The molecule has 0 spiro atoms. The third kappa shape index (κ3) is 5.34. The molecule has 2 aliphatic heterocycles. The van der Waals surface area contributed by atoms with Gasteiger partial charge in [-0.25, -0.2) is 4.39 Å². The molecule has 37 heavy (non-hydrogen) atoms. The lowest BCUT2D eigenvalue weighted by Gasteiger charge is -2.19. The number of carbonyl (C=O) groups is 2. The standard InChI is InChI=1S/C27H29FN4O5/c28-19-7-5-17(6-8-19)13-18-14-21-24(29-15-18)25(34)23(26(35)30-16-20-3-2-12-37-20)27(36)32(21)11-10-31-9-1-4-22(31)33/h5-8,14-15,20,34H,1-4,9-13,16H2,(H,30,35). The van der Waals surface area contributed by atoms with Gasteiger partial charge in [-0.3, -0.25) is 19.4 Å². The van der Waals surface area contributed by atoms with Crippen molar-refractivity contribution in [3.8, 4) is 5.75 Å². The predicted octanol–water partition coefficient (Wildman–Crippen LogP) is 2.36. The molecule has 5 rings (SSSR count). The van der Waals surface area contributed by atoms with Gasteiger partial charge in [0.25, 0.3) is 11.5 Å². The van der Waals surface area contributed by atoms with E-state index in [1.807, 2.05) is 0 Å². The van der Waals surface area contributed by atoms with E-state index in [1.165, 1.54) is 16.7 Å². The topological polar surface area (TPSA) is 114 Å². The number of carbonyl (C=O) groups excluding carboxylic acids is 2. The molecule has 3 aromatic rings. The van der Waals surface area contributed by atoms with Crippen molar-refractivity contribution < 1.29 is 23.8 Å². The SMILES string of the molecule is O=C(NCC1CCCO1)c1c(O)c2ncc(Cc3ccc(F)cc3)cc2n(CCN2CCCC2=O)c1=O. The van der Waals surface area contributed by atoms with Crippen molar-refractivity contribution >= 4 is 22.8 Å². The molecule has 2 amide bonds. The number of likely N-dealkylation sites (tertiary alicyclic amines) is 1. The highest BCUT2D eigenvalue weighted by atomic mass is 19.1. The Morgan fingerprint density at radius 1 is 1.16 bits per heavy atom. The number of hydrogen-bond donors (Lipinski definition) is 2. The Kier molecular flexibility index (Phi) is 7.18. The normalized spacial score (nSPS) is 17.6. The number of aromatic hydroxyl groups is 1. The van der Waals surface area contributed by atoms with Gasteiger partial charge in [0.05, 0.1) is 11.6 Å². The van der Waals surface area contributed by atoms with Gasteiger partial charge in [-0.05, 0) is 55.0 Å². The minimum atomic E-state index is -0.692. The van der Waals surface area contributed by atoms with E-state index in [4.69, 9.17) is 4.74 Å². The molecule has 0 bridgehead atoms. The van der Waals surface area contributed by atoms with E-state index in [9.17, 15) is 23.9 Å². The first-order valence-corrected chi connectivity index (χ1v) is 12.6. The Bertz CT molecular complexity index is 1380. The maximum atomic E-state index is 13.6. The second-order valence-electron chi connectivity index (χ2n) is 9.52. The van der Waals surface area contributed by atoms with Crippen molar-refractivity contribution in [3.05, 3.63) is 69.4 Å². The summed E-state index contributed by atoms with van der Waals surface area (Å²) in [5.74, 6) is -1.48. The summed E-state index contributed by atoms with van der Waals surface area (Å²) in [4.78, 5) is 44.8. The van der Waals surface area contributed by atoms with Crippen LogP contribution in [0.15, 0.2) is 41.3 Å². The van der Waals surface area contributed by atoms with Gasteiger partial charge in [0.15, 0.2) is 5.75 Å². The van der Waals surface area contributed by atoms with Gasteiger partial charge in [-0.1, -0.05) is 12.1 Å². The summed E-state index contributed by atoms with van der Waals surface area (Å²) >= 11 is 0. The number of ether oxygens (including phenoxy) is 1. The molecule has 4 heterocycles. The zero-order chi connectivity index (χ0) is 25.9. The largest absolute Gasteiger partial charge is 0.505 e. The molecule has 1 aromatic carbocycles. The number of hydrogen-bond acceptors (Lipinski definition) is 6. The van der Waals surface area contributed by atoms with Crippen molar-refractivity contribution in [1.82, 2.24) is 19.8 Å². The molecule has 2 fully saturated rings. The highest BCUT2D eigenvalue weighted by molar-refractivity contribution is 6.01. The predicted molar refractivity (Wildman–Crippen MR) is 134 cm³/mol. The van der Waals surface area contributed by atoms with Crippen LogP contribution in [0.1, 0.15) is 47.2 Å². The quantitative estimate of drug-likeness (QED) is 0.483. The summed E-state index contributed by atoms with van der Waals surface area (Å²) in [5.41, 5.74) is 1.06. The highest BCUT2D eigenvalue weighted by Crippen LogP contribution is 2.26. The Morgan fingerprint density at radius 3 is 2.68 bits per heavy atom. The fourth-order valence-electron chi connectivity index (χ4n) is 4.97. The molecule has 0 saturated carbocycles. The molecule has 2 saturated heterocycles. The molecule has 1 unspecified atom stereocenters. The minimum absolute atomic E-state index is 0.0285. The summed E-state index contributed by atoms with van der Waals surface area (Å²) in [6.07, 6.45) is 4.85. The summed E-state index contributed by atoms with van der Waals surface area (Å²) in [5, 5.41) is 13.7. The number of nitrogens with zero attached hydrogens (tertiary/aromatic N) is 3. The third-order valence-electron chi connectivity index (χ3n) is 6.96. The molecule has 0 radical (unpaired) electrons. The monoisotopic (exact) mass is 508 g/mol. The maximum Gasteiger partial charge on any atom is 0.267 e. The van der Waals surface area contributed by atoms with E-state index in [1.54, 1.807) is 29.3 Å². The molecular formula is C27H29FN4O5. The van der Waals surface area contributed by atoms with E-state index >= 15 is 0 Å². The zero-order valence-electron chi connectivity index (χ0n) is 20.4. The number of aromatic nitrogens is 2. The average molecular weight is 509 g/mol. The molecule has 2 aromatic heterocycles. The maximum absolute atomic E-state index is 13.6. The summed E-state index contributed by atoms with van der Waals surface area (Å²) in [7, 11) is 0. The van der Waals surface area contributed by atoms with Crippen LogP contribution in [0, 0.1) is 5.82 Å². The van der Waals surface area contributed by atoms with Gasteiger partial charge in [0, 0.05) is 45.4 Å². The lowest BCUT2D eigenvalue weighted by atomic mass is 10.1. The first-order chi connectivity index (χ1) is 17.9. The number of nitrogens with one attached hydrogen (secondary N) is 1. The minimum Gasteiger partial charge on any atom is -0.505 e. The fraction of sp³-hybridized carbons (Fsp3) is 0.407. The van der Waals surface area contributed by atoms with E-state index in [-0.39, 0.29) is 42.0 Å². The lowest BCUT2D eigenvalue weighted by molar-refractivity contribution is -0.127. The first kappa shape index (κ1) is 24.9. The van der Waals surface area contributed by atoms with E-state index < -0.39 is 17.2 Å². The Morgan fingerprint density at radius 2 is 1.97 bits per heavy atom. The molecule has 10 heteroatoms. The van der Waals surface area contributed by atoms with Crippen molar-refractivity contribution in [2.75, 3.05) is 26.2 Å². The van der Waals surface area contributed by atoms with Crippen LogP contribution in [0.4, 0.5) is 4.39 Å². The van der Waals surface area contributed by atoms with Crippen LogP contribution in [0.5, 0.6) is 5.75 Å². The number of pyridine rings is 2. The Hall–Kier alpha value is -3.79. The summed E-state index contributed by atoms with van der Waals surface area (Å²) in [6, 6.07) is 7.84. The Balaban J connectivity index is 1.51. The van der Waals surface area contributed by atoms with Gasteiger partial charge in [0.1, 0.15) is 16.9 Å². The number of fused-ring (bicyclic) bond motifs is 1. The molecular weight excluding hydrogens is 479 g/mol. The number of halogens is 1. The first-order valence-electron chi connectivity index (χ1n) is 12.6. The van der Waals surface area contributed by atoms with Crippen LogP contribution < -0.4 is 10.9 Å². The van der Waals surface area contributed by atoms with Crippen LogP contribution in [0.2, 0.25) is 0 Å². The van der Waals surface area contributed by atoms with Gasteiger partial charge >= 0.3 is 0 Å². The van der Waals surface area contributed by atoms with E-state index in [0.717, 1.165) is 30.4 Å². The number of benzene rings is 1. The van der Waals surface area contributed by atoms with E-state index in [2.05, 4.69) is 10.3 Å². The Labute approximate surface area is 212 Å².